The average molecular weight is 344 g/mol. The Hall–Kier alpha value is -2.34. The van der Waals surface area contributed by atoms with Gasteiger partial charge >= 0.3 is 0 Å². The molecule has 1 N–H and O–H groups in total. The Labute approximate surface area is 149 Å². The predicted octanol–water partition coefficient (Wildman–Crippen LogP) is 2.79. The van der Waals surface area contributed by atoms with E-state index in [1.54, 1.807) is 12.5 Å². The predicted molar refractivity (Wildman–Crippen MR) is 98.7 cm³/mol. The zero-order chi connectivity index (χ0) is 18.1. The first-order valence-electron chi connectivity index (χ1n) is 8.75. The number of aromatic nitrogens is 2. The van der Waals surface area contributed by atoms with Crippen LogP contribution in [0.5, 0.6) is 5.75 Å². The molecule has 136 valence electrons. The van der Waals surface area contributed by atoms with Gasteiger partial charge in [-0.1, -0.05) is 25.5 Å². The van der Waals surface area contributed by atoms with E-state index in [-0.39, 0.29) is 5.91 Å². The minimum atomic E-state index is -0.0245. The van der Waals surface area contributed by atoms with E-state index in [9.17, 15) is 4.79 Å². The number of hydrogen-bond acceptors (Lipinski definition) is 4. The smallest absolute Gasteiger partial charge is 0.258 e. The van der Waals surface area contributed by atoms with Crippen LogP contribution in [0.15, 0.2) is 36.8 Å². The number of nitrogens with one attached hydrogen (secondary N) is 1. The molecular formula is C19H28N4O2. The molecule has 0 atom stereocenters. The number of ether oxygens (including phenoxy) is 1. The van der Waals surface area contributed by atoms with E-state index >= 15 is 0 Å². The largest absolute Gasteiger partial charge is 0.493 e. The van der Waals surface area contributed by atoms with E-state index in [2.05, 4.69) is 21.8 Å². The van der Waals surface area contributed by atoms with Gasteiger partial charge in [0, 0.05) is 19.3 Å². The summed E-state index contributed by atoms with van der Waals surface area (Å²) in [6, 6.07) is 7.47. The highest BCUT2D eigenvalue weighted by Gasteiger charge is 2.20. The number of unbranched alkanes of at least 4 members (excludes halogenated alkanes) is 1. The molecule has 0 aliphatic carbocycles. The molecule has 2 aromatic rings. The van der Waals surface area contributed by atoms with Crippen molar-refractivity contribution in [2.24, 2.45) is 0 Å². The molecule has 1 aromatic heterocycles. The number of imidazole rings is 1. The van der Waals surface area contributed by atoms with Gasteiger partial charge in [0.15, 0.2) is 0 Å². The maximum absolute atomic E-state index is 13.1. The zero-order valence-corrected chi connectivity index (χ0v) is 15.4. The molecule has 6 heteroatoms. The summed E-state index contributed by atoms with van der Waals surface area (Å²) in [6.07, 6.45) is 5.41. The van der Waals surface area contributed by atoms with E-state index in [1.807, 2.05) is 43.3 Å². The first-order valence-corrected chi connectivity index (χ1v) is 8.75. The molecule has 2 rings (SSSR count). The number of likely N-dealkylation sites (N-methyl/N-ethyl adjacent to an activating group) is 1. The van der Waals surface area contributed by atoms with Gasteiger partial charge in [0.05, 0.1) is 30.7 Å². The highest BCUT2D eigenvalue weighted by atomic mass is 16.5. The van der Waals surface area contributed by atoms with Crippen LogP contribution in [0, 0.1) is 0 Å². The van der Waals surface area contributed by atoms with Crippen LogP contribution in [-0.2, 0) is 6.54 Å². The van der Waals surface area contributed by atoms with Crippen LogP contribution < -0.4 is 4.74 Å². The molecule has 0 unspecified atom stereocenters. The maximum Gasteiger partial charge on any atom is 0.258 e. The number of carbonyl (C=O) groups is 1. The number of carbonyl (C=O) groups excluding carboxylic acids is 1. The third-order valence-electron chi connectivity index (χ3n) is 3.89. The van der Waals surface area contributed by atoms with Crippen molar-refractivity contribution in [2.45, 2.75) is 26.3 Å². The molecule has 0 bridgehead atoms. The minimum absolute atomic E-state index is 0.0245. The lowest BCUT2D eigenvalue weighted by Crippen LogP contribution is -2.36. The molecule has 6 nitrogen and oxygen atoms in total. The average Bonchev–Trinajstić information content (AvgIpc) is 3.11. The summed E-state index contributed by atoms with van der Waals surface area (Å²) in [4.78, 5) is 24.1. The van der Waals surface area contributed by atoms with Gasteiger partial charge in [-0.15, -0.1) is 0 Å². The molecule has 0 saturated heterocycles. The van der Waals surface area contributed by atoms with Crippen molar-refractivity contribution in [1.29, 1.82) is 0 Å². The molecule has 0 spiro atoms. The van der Waals surface area contributed by atoms with Gasteiger partial charge in [-0.3, -0.25) is 4.79 Å². The second-order valence-corrected chi connectivity index (χ2v) is 6.31. The fourth-order valence-corrected chi connectivity index (χ4v) is 2.42. The van der Waals surface area contributed by atoms with Crippen LogP contribution >= 0.6 is 0 Å². The van der Waals surface area contributed by atoms with E-state index in [4.69, 9.17) is 4.74 Å². The molecule has 0 aliphatic rings. The van der Waals surface area contributed by atoms with Crippen molar-refractivity contribution >= 4 is 5.91 Å². The molecule has 0 saturated carbocycles. The first-order chi connectivity index (χ1) is 12.1. The highest BCUT2D eigenvalue weighted by Crippen LogP contribution is 2.21. The van der Waals surface area contributed by atoms with Crippen molar-refractivity contribution < 1.29 is 9.53 Å². The minimum Gasteiger partial charge on any atom is -0.493 e. The van der Waals surface area contributed by atoms with Crippen LogP contribution in [0.3, 0.4) is 0 Å². The monoisotopic (exact) mass is 344 g/mol. The number of aromatic amines is 1. The van der Waals surface area contributed by atoms with Gasteiger partial charge in [-0.25, -0.2) is 4.98 Å². The first kappa shape index (κ1) is 19.0. The topological polar surface area (TPSA) is 61.5 Å². The van der Waals surface area contributed by atoms with Crippen LogP contribution in [0.25, 0.3) is 0 Å². The lowest BCUT2D eigenvalue weighted by atomic mass is 10.1. The lowest BCUT2D eigenvalue weighted by Gasteiger charge is -2.25. The van der Waals surface area contributed by atoms with Gasteiger partial charge in [-0.2, -0.15) is 0 Å². The fourth-order valence-electron chi connectivity index (χ4n) is 2.42. The number of nitrogens with zero attached hydrogens (tertiary/aromatic N) is 3. The maximum atomic E-state index is 13.1. The van der Waals surface area contributed by atoms with Crippen LogP contribution in [0.1, 0.15) is 35.8 Å². The summed E-state index contributed by atoms with van der Waals surface area (Å²) in [5, 5.41) is 0. The number of rotatable bonds is 10. The van der Waals surface area contributed by atoms with Gasteiger partial charge in [-0.05, 0) is 32.6 Å². The molecule has 1 aromatic carbocycles. The lowest BCUT2D eigenvalue weighted by molar-refractivity contribution is 0.0725. The molecule has 1 amide bonds. The second-order valence-electron chi connectivity index (χ2n) is 6.31. The van der Waals surface area contributed by atoms with Gasteiger partial charge in [0.1, 0.15) is 5.75 Å². The van der Waals surface area contributed by atoms with Crippen molar-refractivity contribution in [3.05, 3.63) is 48.0 Å². The van der Waals surface area contributed by atoms with E-state index < -0.39 is 0 Å². The van der Waals surface area contributed by atoms with Crippen molar-refractivity contribution in [3.63, 3.8) is 0 Å². The summed E-state index contributed by atoms with van der Waals surface area (Å²) in [7, 11) is 4.00. The Kier molecular flexibility index (Phi) is 7.47. The summed E-state index contributed by atoms with van der Waals surface area (Å²) in [5.41, 5.74) is 1.52. The van der Waals surface area contributed by atoms with Crippen LogP contribution in [0.4, 0.5) is 0 Å². The van der Waals surface area contributed by atoms with Crippen molar-refractivity contribution in [1.82, 2.24) is 19.8 Å². The van der Waals surface area contributed by atoms with Crippen LogP contribution in [0.2, 0.25) is 0 Å². The Morgan fingerprint density at radius 2 is 2.04 bits per heavy atom. The zero-order valence-electron chi connectivity index (χ0n) is 15.4. The van der Waals surface area contributed by atoms with E-state index in [0.29, 0.717) is 31.0 Å². The molecule has 0 aliphatic heterocycles. The number of H-pyrrole nitrogens is 1. The number of amides is 1. The Balaban J connectivity index is 2.16. The SMILES string of the molecule is CCCCOc1ccccc1C(=O)N(CCN(C)C)Cc1cnc[nH]1. The summed E-state index contributed by atoms with van der Waals surface area (Å²) < 4.78 is 5.83. The molecule has 25 heavy (non-hydrogen) atoms. The number of benzene rings is 1. The summed E-state index contributed by atoms with van der Waals surface area (Å²) >= 11 is 0. The fraction of sp³-hybridized carbons (Fsp3) is 0.474. The second kappa shape index (κ2) is 9.84. The molecule has 1 heterocycles. The standard InChI is InChI=1S/C19H28N4O2/c1-4-5-12-25-18-9-7-6-8-17(18)19(24)23(11-10-22(2)3)14-16-13-20-15-21-16/h6-9,13,15H,4-5,10-12,14H2,1-3H3,(H,20,21). The van der Waals surface area contributed by atoms with Gasteiger partial charge < -0.3 is 19.5 Å². The van der Waals surface area contributed by atoms with Gasteiger partial charge in [0.25, 0.3) is 5.91 Å². The normalized spacial score (nSPS) is 10.9. The third-order valence-corrected chi connectivity index (χ3v) is 3.89. The van der Waals surface area contributed by atoms with E-state index in [0.717, 1.165) is 25.1 Å². The van der Waals surface area contributed by atoms with E-state index in [1.165, 1.54) is 0 Å². The Morgan fingerprint density at radius 3 is 2.72 bits per heavy atom. The highest BCUT2D eigenvalue weighted by molar-refractivity contribution is 5.96. The summed E-state index contributed by atoms with van der Waals surface area (Å²) in [6.45, 7) is 4.66. The van der Waals surface area contributed by atoms with Crippen molar-refractivity contribution in [2.75, 3.05) is 33.8 Å². The van der Waals surface area contributed by atoms with Crippen LogP contribution in [-0.4, -0.2) is 59.5 Å². The molecule has 0 fully saturated rings. The quantitative estimate of drug-likeness (QED) is 0.673. The molecular weight excluding hydrogens is 316 g/mol. The number of para-hydroxylation sites is 1. The summed E-state index contributed by atoms with van der Waals surface area (Å²) in [5.74, 6) is 0.629. The molecule has 0 radical (unpaired) electrons. The van der Waals surface area contributed by atoms with Gasteiger partial charge in [0.2, 0.25) is 0 Å². The Bertz CT molecular complexity index is 641. The van der Waals surface area contributed by atoms with Crippen molar-refractivity contribution in [3.8, 4) is 5.75 Å². The third kappa shape index (κ3) is 5.90. The Morgan fingerprint density at radius 1 is 1.24 bits per heavy atom. The number of hydrogen-bond donors (Lipinski definition) is 1.